The molecular weight excluding hydrogens is 245 g/mol. The summed E-state index contributed by atoms with van der Waals surface area (Å²) < 4.78 is 23.9. The van der Waals surface area contributed by atoms with Crippen molar-refractivity contribution in [3.05, 3.63) is 53.7 Å². The molecule has 19 heavy (non-hydrogen) atoms. The van der Waals surface area contributed by atoms with E-state index in [2.05, 4.69) is 5.32 Å². The minimum Gasteiger partial charge on any atom is -0.492 e. The van der Waals surface area contributed by atoms with Crippen molar-refractivity contribution in [3.63, 3.8) is 0 Å². The number of hydrogen-bond donors (Lipinski definition) is 1. The van der Waals surface area contributed by atoms with E-state index in [-0.39, 0.29) is 11.9 Å². The normalized spacial score (nSPS) is 12.4. The van der Waals surface area contributed by atoms with Gasteiger partial charge in [-0.1, -0.05) is 0 Å². The summed E-state index contributed by atoms with van der Waals surface area (Å²) in [7, 11) is 0. The first kappa shape index (κ1) is 13.6. The summed E-state index contributed by atoms with van der Waals surface area (Å²) in [6.07, 6.45) is 1.66. The molecule has 0 radical (unpaired) electrons. The standard InChI is InChI=1S/C15H18FNO2/c1-11-10-13(5-6-14(11)16)18-9-7-17-12(2)15-4-3-8-19-15/h3-6,8,10,12,17H,7,9H2,1-2H3. The molecule has 3 nitrogen and oxygen atoms in total. The molecule has 0 aliphatic rings. The van der Waals surface area contributed by atoms with Gasteiger partial charge in [0.05, 0.1) is 12.3 Å². The summed E-state index contributed by atoms with van der Waals surface area (Å²) in [6, 6.07) is 8.70. The van der Waals surface area contributed by atoms with Gasteiger partial charge in [0.15, 0.2) is 0 Å². The van der Waals surface area contributed by atoms with Gasteiger partial charge in [-0.15, -0.1) is 0 Å². The Hall–Kier alpha value is -1.81. The van der Waals surface area contributed by atoms with E-state index in [9.17, 15) is 4.39 Å². The Kier molecular flexibility index (Phi) is 4.58. The monoisotopic (exact) mass is 263 g/mol. The van der Waals surface area contributed by atoms with Gasteiger partial charge in [0.2, 0.25) is 0 Å². The molecule has 0 aliphatic carbocycles. The van der Waals surface area contributed by atoms with E-state index < -0.39 is 0 Å². The van der Waals surface area contributed by atoms with E-state index in [1.54, 1.807) is 25.3 Å². The Morgan fingerprint density at radius 2 is 2.21 bits per heavy atom. The Bertz CT molecular complexity index is 511. The van der Waals surface area contributed by atoms with Gasteiger partial charge in [0, 0.05) is 6.54 Å². The second kappa shape index (κ2) is 6.38. The Morgan fingerprint density at radius 1 is 1.37 bits per heavy atom. The predicted molar refractivity (Wildman–Crippen MR) is 71.8 cm³/mol. The fourth-order valence-corrected chi connectivity index (χ4v) is 1.79. The number of benzene rings is 1. The maximum atomic E-state index is 13.1. The number of nitrogens with one attached hydrogen (secondary N) is 1. The Morgan fingerprint density at radius 3 is 2.89 bits per heavy atom. The molecule has 4 heteroatoms. The van der Waals surface area contributed by atoms with E-state index in [1.807, 2.05) is 19.1 Å². The third-order valence-corrected chi connectivity index (χ3v) is 2.92. The third kappa shape index (κ3) is 3.83. The van der Waals surface area contributed by atoms with Gasteiger partial charge in [-0.2, -0.15) is 0 Å². The molecule has 1 unspecified atom stereocenters. The molecule has 0 bridgehead atoms. The molecule has 102 valence electrons. The molecule has 1 heterocycles. The van der Waals surface area contributed by atoms with Crippen LogP contribution in [0.15, 0.2) is 41.0 Å². The van der Waals surface area contributed by atoms with Crippen LogP contribution in [0, 0.1) is 12.7 Å². The molecule has 1 atom stereocenters. The van der Waals surface area contributed by atoms with E-state index in [0.717, 1.165) is 5.76 Å². The number of halogens is 1. The van der Waals surface area contributed by atoms with Gasteiger partial charge < -0.3 is 14.5 Å². The van der Waals surface area contributed by atoms with E-state index in [1.165, 1.54) is 6.07 Å². The number of hydrogen-bond acceptors (Lipinski definition) is 3. The molecule has 0 spiro atoms. The van der Waals surface area contributed by atoms with Crippen molar-refractivity contribution in [1.29, 1.82) is 0 Å². The number of furan rings is 1. The van der Waals surface area contributed by atoms with Gasteiger partial charge in [0.25, 0.3) is 0 Å². The molecule has 2 rings (SSSR count). The molecule has 0 fully saturated rings. The van der Waals surface area contributed by atoms with Crippen LogP contribution in [0.25, 0.3) is 0 Å². The SMILES string of the molecule is Cc1cc(OCCNC(C)c2ccco2)ccc1F. The van der Waals surface area contributed by atoms with E-state index in [4.69, 9.17) is 9.15 Å². The minimum absolute atomic E-state index is 0.147. The maximum Gasteiger partial charge on any atom is 0.126 e. The van der Waals surface area contributed by atoms with Crippen molar-refractivity contribution in [2.24, 2.45) is 0 Å². The largest absolute Gasteiger partial charge is 0.492 e. The van der Waals surface area contributed by atoms with Crippen LogP contribution in [0.1, 0.15) is 24.3 Å². The smallest absolute Gasteiger partial charge is 0.126 e. The van der Waals surface area contributed by atoms with E-state index >= 15 is 0 Å². The zero-order valence-electron chi connectivity index (χ0n) is 11.2. The zero-order chi connectivity index (χ0) is 13.7. The van der Waals surface area contributed by atoms with Crippen molar-refractivity contribution in [1.82, 2.24) is 5.32 Å². The zero-order valence-corrected chi connectivity index (χ0v) is 11.2. The number of ether oxygens (including phenoxy) is 1. The van der Waals surface area contributed by atoms with Crippen LogP contribution in [0.5, 0.6) is 5.75 Å². The van der Waals surface area contributed by atoms with Crippen LogP contribution >= 0.6 is 0 Å². The molecule has 0 saturated heterocycles. The lowest BCUT2D eigenvalue weighted by molar-refractivity contribution is 0.301. The molecule has 0 aliphatic heterocycles. The quantitative estimate of drug-likeness (QED) is 0.810. The van der Waals surface area contributed by atoms with Crippen LogP contribution < -0.4 is 10.1 Å². The molecule has 1 aromatic carbocycles. The summed E-state index contributed by atoms with van der Waals surface area (Å²) in [4.78, 5) is 0. The van der Waals surface area contributed by atoms with Gasteiger partial charge in [-0.05, 0) is 49.7 Å². The average molecular weight is 263 g/mol. The fourth-order valence-electron chi connectivity index (χ4n) is 1.79. The van der Waals surface area contributed by atoms with Crippen molar-refractivity contribution in [2.75, 3.05) is 13.2 Å². The first-order valence-corrected chi connectivity index (χ1v) is 6.32. The highest BCUT2D eigenvalue weighted by Crippen LogP contribution is 2.16. The number of aryl methyl sites for hydroxylation is 1. The van der Waals surface area contributed by atoms with E-state index in [0.29, 0.717) is 24.5 Å². The first-order valence-electron chi connectivity index (χ1n) is 6.32. The van der Waals surface area contributed by atoms with Crippen LogP contribution in [-0.2, 0) is 0 Å². The van der Waals surface area contributed by atoms with Crippen LogP contribution in [0.2, 0.25) is 0 Å². The summed E-state index contributed by atoms with van der Waals surface area (Å²) >= 11 is 0. The van der Waals surface area contributed by atoms with Gasteiger partial charge in [0.1, 0.15) is 23.9 Å². The van der Waals surface area contributed by atoms with Crippen molar-refractivity contribution in [2.45, 2.75) is 19.9 Å². The van der Waals surface area contributed by atoms with Gasteiger partial charge in [-0.3, -0.25) is 0 Å². The second-order valence-electron chi connectivity index (χ2n) is 4.45. The molecule has 1 aromatic heterocycles. The fraction of sp³-hybridized carbons (Fsp3) is 0.333. The van der Waals surface area contributed by atoms with Crippen molar-refractivity contribution >= 4 is 0 Å². The van der Waals surface area contributed by atoms with Crippen molar-refractivity contribution in [3.8, 4) is 5.75 Å². The topological polar surface area (TPSA) is 34.4 Å². The van der Waals surface area contributed by atoms with Crippen molar-refractivity contribution < 1.29 is 13.5 Å². The third-order valence-electron chi connectivity index (χ3n) is 2.92. The highest BCUT2D eigenvalue weighted by molar-refractivity contribution is 5.28. The minimum atomic E-state index is -0.211. The van der Waals surface area contributed by atoms with Crippen LogP contribution in [-0.4, -0.2) is 13.2 Å². The summed E-state index contributed by atoms with van der Waals surface area (Å²) in [5.41, 5.74) is 0.592. The summed E-state index contributed by atoms with van der Waals surface area (Å²) in [5.74, 6) is 1.38. The highest BCUT2D eigenvalue weighted by Gasteiger charge is 2.06. The lowest BCUT2D eigenvalue weighted by atomic mass is 10.2. The van der Waals surface area contributed by atoms with Gasteiger partial charge >= 0.3 is 0 Å². The highest BCUT2D eigenvalue weighted by atomic mass is 19.1. The molecular formula is C15H18FNO2. The maximum absolute atomic E-state index is 13.1. The number of rotatable bonds is 6. The lowest BCUT2D eigenvalue weighted by Gasteiger charge is -2.12. The predicted octanol–water partition coefficient (Wildman–Crippen LogP) is 3.46. The lowest BCUT2D eigenvalue weighted by Crippen LogP contribution is -2.24. The second-order valence-corrected chi connectivity index (χ2v) is 4.45. The molecule has 0 saturated carbocycles. The average Bonchev–Trinajstić information content (AvgIpc) is 2.92. The molecule has 0 amide bonds. The summed E-state index contributed by atoms with van der Waals surface area (Å²) in [5, 5.41) is 3.29. The first-order chi connectivity index (χ1) is 9.16. The van der Waals surface area contributed by atoms with Crippen LogP contribution in [0.4, 0.5) is 4.39 Å². The molecule has 1 N–H and O–H groups in total. The molecule has 2 aromatic rings. The Labute approximate surface area is 112 Å². The van der Waals surface area contributed by atoms with Gasteiger partial charge in [-0.25, -0.2) is 4.39 Å². The Balaban J connectivity index is 1.73. The summed E-state index contributed by atoms with van der Waals surface area (Å²) in [6.45, 7) is 4.97. The van der Waals surface area contributed by atoms with Crippen LogP contribution in [0.3, 0.4) is 0 Å².